The van der Waals surface area contributed by atoms with Crippen molar-refractivity contribution in [3.63, 3.8) is 0 Å². The third kappa shape index (κ3) is 26.9. The molecule has 0 saturated heterocycles. The van der Waals surface area contributed by atoms with E-state index >= 15 is 0 Å². The lowest BCUT2D eigenvalue weighted by atomic mass is 9.90. The van der Waals surface area contributed by atoms with Crippen LogP contribution in [0.15, 0.2) is 18.2 Å². The monoisotopic (exact) mass is 625 g/mol. The molecule has 0 aliphatic heterocycles. The third-order valence-corrected chi connectivity index (χ3v) is 10.5. The minimum absolute atomic E-state index is 1.32. The highest BCUT2D eigenvalue weighted by Gasteiger charge is 2.09. The van der Waals surface area contributed by atoms with Crippen molar-refractivity contribution >= 4 is 0 Å². The largest absolute Gasteiger partial charge is 0.0654 e. The highest BCUT2D eigenvalue weighted by molar-refractivity contribution is 5.36. The summed E-state index contributed by atoms with van der Waals surface area (Å²) < 4.78 is 0. The van der Waals surface area contributed by atoms with Crippen LogP contribution >= 0.6 is 0 Å². The standard InChI is InChI=1S/C45H84/c1-4-7-10-13-16-19-22-25-28-31-34-38-43-40-37-41-44(39-35-32-29-26-23-20-17-14-11-8-5-2)45(43)42-36-33-30-27-24-21-18-15-12-9-6-3/h37,40-41H,4-36,38-39,42H2,1-3H3. The van der Waals surface area contributed by atoms with Gasteiger partial charge in [0.15, 0.2) is 0 Å². The van der Waals surface area contributed by atoms with E-state index in [4.69, 9.17) is 0 Å². The molecule has 0 aliphatic carbocycles. The van der Waals surface area contributed by atoms with Crippen LogP contribution in [0.3, 0.4) is 0 Å². The van der Waals surface area contributed by atoms with Gasteiger partial charge in [-0.25, -0.2) is 0 Å². The predicted octanol–water partition coefficient (Wildman–Crippen LogP) is 16.2. The van der Waals surface area contributed by atoms with Crippen molar-refractivity contribution in [1.82, 2.24) is 0 Å². The van der Waals surface area contributed by atoms with E-state index in [-0.39, 0.29) is 0 Å². The van der Waals surface area contributed by atoms with Gasteiger partial charge < -0.3 is 0 Å². The zero-order chi connectivity index (χ0) is 32.3. The van der Waals surface area contributed by atoms with E-state index in [1.165, 1.54) is 231 Å². The first kappa shape index (κ1) is 42.2. The number of hydrogen-bond acceptors (Lipinski definition) is 0. The average molecular weight is 625 g/mol. The van der Waals surface area contributed by atoms with Gasteiger partial charge in [-0.1, -0.05) is 232 Å². The average Bonchev–Trinajstić information content (AvgIpc) is 3.05. The van der Waals surface area contributed by atoms with E-state index in [1.54, 1.807) is 16.7 Å². The van der Waals surface area contributed by atoms with E-state index in [2.05, 4.69) is 39.0 Å². The summed E-state index contributed by atoms with van der Waals surface area (Å²) >= 11 is 0. The lowest BCUT2D eigenvalue weighted by molar-refractivity contribution is 0.545. The lowest BCUT2D eigenvalue weighted by Gasteiger charge is -2.16. The van der Waals surface area contributed by atoms with Gasteiger partial charge in [-0.05, 0) is 55.2 Å². The Morgan fingerprint density at radius 3 is 0.756 bits per heavy atom. The zero-order valence-corrected chi connectivity index (χ0v) is 31.7. The van der Waals surface area contributed by atoms with Crippen molar-refractivity contribution < 1.29 is 0 Å². The van der Waals surface area contributed by atoms with Crippen LogP contribution in [0.5, 0.6) is 0 Å². The number of aryl methyl sites for hydroxylation is 2. The molecule has 1 aromatic carbocycles. The minimum Gasteiger partial charge on any atom is -0.0654 e. The Kier molecular flexibility index (Phi) is 32.4. The fourth-order valence-corrected chi connectivity index (χ4v) is 7.40. The van der Waals surface area contributed by atoms with Gasteiger partial charge in [0, 0.05) is 0 Å². The van der Waals surface area contributed by atoms with Crippen LogP contribution in [0.2, 0.25) is 0 Å². The Bertz CT molecular complexity index is 658. The molecule has 0 N–H and O–H groups in total. The Hall–Kier alpha value is -0.780. The molecule has 0 fully saturated rings. The van der Waals surface area contributed by atoms with Crippen LogP contribution < -0.4 is 0 Å². The molecule has 0 atom stereocenters. The number of unbranched alkanes of at least 4 members (excludes halogenated alkanes) is 30. The van der Waals surface area contributed by atoms with Gasteiger partial charge in [0.2, 0.25) is 0 Å². The SMILES string of the molecule is CCCCCCCCCCCCCc1cccc(CCCCCCCCCCCCC)c1CCCCCCCCCCCCC. The molecule has 0 nitrogen and oxygen atoms in total. The first-order valence-corrected chi connectivity index (χ1v) is 21.4. The van der Waals surface area contributed by atoms with Crippen molar-refractivity contribution in [1.29, 1.82) is 0 Å². The Morgan fingerprint density at radius 1 is 0.267 bits per heavy atom. The normalized spacial score (nSPS) is 11.5. The second-order valence-electron chi connectivity index (χ2n) is 14.9. The molecule has 0 heterocycles. The number of benzene rings is 1. The third-order valence-electron chi connectivity index (χ3n) is 10.5. The van der Waals surface area contributed by atoms with Crippen molar-refractivity contribution in [2.45, 2.75) is 252 Å². The van der Waals surface area contributed by atoms with Gasteiger partial charge in [0.05, 0.1) is 0 Å². The van der Waals surface area contributed by atoms with Gasteiger partial charge in [-0.15, -0.1) is 0 Å². The van der Waals surface area contributed by atoms with E-state index in [9.17, 15) is 0 Å². The first-order chi connectivity index (χ1) is 22.3. The molecule has 0 radical (unpaired) electrons. The van der Waals surface area contributed by atoms with Crippen LogP contribution in [0, 0.1) is 0 Å². The van der Waals surface area contributed by atoms with Crippen LogP contribution in [0.4, 0.5) is 0 Å². The van der Waals surface area contributed by atoms with Crippen LogP contribution in [0.25, 0.3) is 0 Å². The highest BCUT2D eigenvalue weighted by Crippen LogP contribution is 2.24. The summed E-state index contributed by atoms with van der Waals surface area (Å²) in [6, 6.07) is 7.38. The maximum Gasteiger partial charge on any atom is -0.0273 e. The minimum atomic E-state index is 1.32. The predicted molar refractivity (Wildman–Crippen MR) is 207 cm³/mol. The second kappa shape index (κ2) is 34.6. The fraction of sp³-hybridized carbons (Fsp3) is 0.867. The molecule has 0 spiro atoms. The molecular weight excluding hydrogens is 540 g/mol. The molecular formula is C45H84. The molecule has 0 saturated carbocycles. The molecule has 0 amide bonds. The first-order valence-electron chi connectivity index (χ1n) is 21.4. The van der Waals surface area contributed by atoms with Gasteiger partial charge in [-0.3, -0.25) is 0 Å². The van der Waals surface area contributed by atoms with Crippen molar-refractivity contribution in [3.05, 3.63) is 34.9 Å². The van der Waals surface area contributed by atoms with E-state index in [1.807, 2.05) is 0 Å². The van der Waals surface area contributed by atoms with E-state index in [0.717, 1.165) is 0 Å². The summed E-state index contributed by atoms with van der Waals surface area (Å²) in [4.78, 5) is 0. The molecule has 0 bridgehead atoms. The topological polar surface area (TPSA) is 0 Å². The van der Waals surface area contributed by atoms with Gasteiger partial charge >= 0.3 is 0 Å². The highest BCUT2D eigenvalue weighted by atomic mass is 14.1. The Balaban J connectivity index is 2.39. The van der Waals surface area contributed by atoms with Crippen molar-refractivity contribution in [3.8, 4) is 0 Å². The summed E-state index contributed by atoms with van der Waals surface area (Å²) in [5, 5.41) is 0. The lowest BCUT2D eigenvalue weighted by Crippen LogP contribution is -2.02. The van der Waals surface area contributed by atoms with Crippen LogP contribution in [-0.4, -0.2) is 0 Å². The zero-order valence-electron chi connectivity index (χ0n) is 31.7. The van der Waals surface area contributed by atoms with Crippen molar-refractivity contribution in [2.75, 3.05) is 0 Å². The fourth-order valence-electron chi connectivity index (χ4n) is 7.40. The molecule has 0 aliphatic rings. The molecule has 264 valence electrons. The molecule has 45 heavy (non-hydrogen) atoms. The van der Waals surface area contributed by atoms with Crippen LogP contribution in [-0.2, 0) is 19.3 Å². The number of rotatable bonds is 36. The maximum atomic E-state index is 2.49. The Labute approximate surface area is 286 Å². The molecule has 0 heteroatoms. The van der Waals surface area contributed by atoms with E-state index < -0.39 is 0 Å². The molecule has 1 aromatic rings. The smallest absolute Gasteiger partial charge is 0.0273 e. The molecule has 1 rings (SSSR count). The second-order valence-corrected chi connectivity index (χ2v) is 14.9. The molecule has 0 unspecified atom stereocenters. The summed E-state index contributed by atoms with van der Waals surface area (Å²) in [6.45, 7) is 6.95. The summed E-state index contributed by atoms with van der Waals surface area (Å²) in [5.74, 6) is 0. The van der Waals surface area contributed by atoms with Crippen molar-refractivity contribution in [2.24, 2.45) is 0 Å². The summed E-state index contributed by atoms with van der Waals surface area (Å²) in [7, 11) is 0. The quantitative estimate of drug-likeness (QED) is 0.0652. The molecule has 0 aromatic heterocycles. The Morgan fingerprint density at radius 2 is 0.489 bits per heavy atom. The maximum absolute atomic E-state index is 2.49. The van der Waals surface area contributed by atoms with E-state index in [0.29, 0.717) is 0 Å². The van der Waals surface area contributed by atoms with Gasteiger partial charge in [0.25, 0.3) is 0 Å². The number of hydrogen-bond donors (Lipinski definition) is 0. The van der Waals surface area contributed by atoms with Gasteiger partial charge in [0.1, 0.15) is 0 Å². The summed E-state index contributed by atoms with van der Waals surface area (Å²) in [5.41, 5.74) is 5.18. The summed E-state index contributed by atoms with van der Waals surface area (Å²) in [6.07, 6.45) is 51.5. The van der Waals surface area contributed by atoms with Crippen LogP contribution in [0.1, 0.15) is 249 Å². The van der Waals surface area contributed by atoms with Gasteiger partial charge in [-0.2, -0.15) is 0 Å².